The Balaban J connectivity index is 3.74. The molecular weight excluding hydrogens is 222 g/mol. The molecule has 0 saturated heterocycles. The second-order valence-corrected chi connectivity index (χ2v) is 3.52. The van der Waals surface area contributed by atoms with Crippen LogP contribution in [0.5, 0.6) is 0 Å². The number of hydrogen-bond acceptors (Lipinski definition) is 4. The lowest BCUT2D eigenvalue weighted by Crippen LogP contribution is -2.40. The topological polar surface area (TPSA) is 64.6 Å². The summed E-state index contributed by atoms with van der Waals surface area (Å²) in [4.78, 5) is 22.4. The van der Waals surface area contributed by atoms with E-state index in [0.29, 0.717) is 6.61 Å². The molecule has 1 N–H and O–H groups in total. The van der Waals surface area contributed by atoms with Crippen LogP contribution >= 0.6 is 0 Å². The highest BCUT2D eigenvalue weighted by Gasteiger charge is 2.17. The number of alkyl carbamates (subject to hydrolysis) is 1. The van der Waals surface area contributed by atoms with Crippen LogP contribution < -0.4 is 5.32 Å². The Bertz CT molecular complexity index is 283. The normalized spacial score (nSPS) is 11.1. The Labute approximate surface area is 102 Å². The number of carbonyl (C=O) groups is 2. The molecule has 0 aromatic rings. The van der Waals surface area contributed by atoms with E-state index in [-0.39, 0.29) is 6.61 Å². The first-order chi connectivity index (χ1) is 8.11. The van der Waals surface area contributed by atoms with E-state index >= 15 is 0 Å². The molecule has 1 atom stereocenters. The maximum atomic E-state index is 11.4. The van der Waals surface area contributed by atoms with Crippen molar-refractivity contribution in [1.82, 2.24) is 5.32 Å². The number of carbonyl (C=O) groups excluding carboxylic acids is 2. The van der Waals surface area contributed by atoms with Gasteiger partial charge in [-0.05, 0) is 13.3 Å². The average molecular weight is 241 g/mol. The standard InChI is InChI=1S/C12H19NO4/c1-4-6-7-9-16-11(14)10(3)13-12(15)17-8-5-2/h2,10H,4,6-9H2,1,3H3,(H,13,15)/t10-/m0/s1. The molecule has 0 aliphatic rings. The van der Waals surface area contributed by atoms with Crippen molar-refractivity contribution in [1.29, 1.82) is 0 Å². The summed E-state index contributed by atoms with van der Waals surface area (Å²) in [6.07, 6.45) is 7.10. The average Bonchev–Trinajstić information content (AvgIpc) is 2.31. The van der Waals surface area contributed by atoms with Crippen LogP contribution in [0.1, 0.15) is 33.1 Å². The molecule has 5 heteroatoms. The molecule has 5 nitrogen and oxygen atoms in total. The van der Waals surface area contributed by atoms with Gasteiger partial charge in [0.25, 0.3) is 0 Å². The van der Waals surface area contributed by atoms with Crippen molar-refractivity contribution in [3.05, 3.63) is 0 Å². The third kappa shape index (κ3) is 8.14. The third-order valence-electron chi connectivity index (χ3n) is 1.97. The van der Waals surface area contributed by atoms with E-state index in [1.807, 2.05) is 0 Å². The van der Waals surface area contributed by atoms with Crippen LogP contribution in [0.4, 0.5) is 4.79 Å². The fourth-order valence-corrected chi connectivity index (χ4v) is 1.03. The molecule has 0 radical (unpaired) electrons. The van der Waals surface area contributed by atoms with Crippen LogP contribution in [0.3, 0.4) is 0 Å². The van der Waals surface area contributed by atoms with E-state index in [9.17, 15) is 9.59 Å². The van der Waals surface area contributed by atoms with Gasteiger partial charge in [0.15, 0.2) is 6.61 Å². The predicted octanol–water partition coefficient (Wildman–Crippen LogP) is 1.47. The lowest BCUT2D eigenvalue weighted by Gasteiger charge is -2.12. The van der Waals surface area contributed by atoms with Crippen molar-refractivity contribution in [2.45, 2.75) is 39.2 Å². The summed E-state index contributed by atoms with van der Waals surface area (Å²) in [7, 11) is 0. The number of esters is 1. The number of rotatable bonds is 7. The first kappa shape index (κ1) is 15.3. The van der Waals surface area contributed by atoms with E-state index in [0.717, 1.165) is 19.3 Å². The Morgan fingerprint density at radius 3 is 2.65 bits per heavy atom. The highest BCUT2D eigenvalue weighted by molar-refractivity contribution is 5.80. The van der Waals surface area contributed by atoms with Crippen LogP contribution in [0, 0.1) is 12.3 Å². The minimum absolute atomic E-state index is 0.121. The third-order valence-corrected chi connectivity index (χ3v) is 1.97. The molecule has 0 aliphatic carbocycles. The Kier molecular flexibility index (Phi) is 8.57. The van der Waals surface area contributed by atoms with E-state index in [2.05, 4.69) is 22.9 Å². The number of ether oxygens (including phenoxy) is 2. The summed E-state index contributed by atoms with van der Waals surface area (Å²) in [5.41, 5.74) is 0. The molecule has 0 aromatic heterocycles. The summed E-state index contributed by atoms with van der Waals surface area (Å²) >= 11 is 0. The minimum atomic E-state index is -0.734. The van der Waals surface area contributed by atoms with Crippen LogP contribution in [-0.2, 0) is 14.3 Å². The van der Waals surface area contributed by atoms with E-state index in [1.165, 1.54) is 6.92 Å². The fourth-order valence-electron chi connectivity index (χ4n) is 1.03. The number of terminal acetylenes is 1. The van der Waals surface area contributed by atoms with Gasteiger partial charge >= 0.3 is 12.1 Å². The lowest BCUT2D eigenvalue weighted by molar-refractivity contribution is -0.145. The number of amides is 1. The van der Waals surface area contributed by atoms with Gasteiger partial charge in [-0.15, -0.1) is 6.42 Å². The molecule has 17 heavy (non-hydrogen) atoms. The smallest absolute Gasteiger partial charge is 0.408 e. The number of unbranched alkanes of at least 4 members (excludes halogenated alkanes) is 2. The molecule has 0 spiro atoms. The first-order valence-corrected chi connectivity index (χ1v) is 5.65. The molecule has 0 saturated carbocycles. The predicted molar refractivity (Wildman–Crippen MR) is 63.3 cm³/mol. The van der Waals surface area contributed by atoms with Gasteiger partial charge in [-0.2, -0.15) is 0 Å². The molecule has 1 amide bonds. The van der Waals surface area contributed by atoms with Gasteiger partial charge in [-0.1, -0.05) is 25.7 Å². The Morgan fingerprint density at radius 1 is 1.35 bits per heavy atom. The monoisotopic (exact) mass is 241 g/mol. The zero-order chi connectivity index (χ0) is 13.1. The highest BCUT2D eigenvalue weighted by Crippen LogP contribution is 1.96. The van der Waals surface area contributed by atoms with Crippen molar-refractivity contribution in [3.63, 3.8) is 0 Å². The summed E-state index contributed by atoms with van der Waals surface area (Å²) in [5, 5.41) is 2.32. The summed E-state index contributed by atoms with van der Waals surface area (Å²) < 4.78 is 9.52. The molecule has 96 valence electrons. The summed E-state index contributed by atoms with van der Waals surface area (Å²) in [6.45, 7) is 3.84. The van der Waals surface area contributed by atoms with Crippen molar-refractivity contribution in [3.8, 4) is 12.3 Å². The Hall–Kier alpha value is -1.70. The second-order valence-electron chi connectivity index (χ2n) is 3.52. The largest absolute Gasteiger partial charge is 0.464 e. The molecule has 0 rings (SSSR count). The molecular formula is C12H19NO4. The summed E-state index contributed by atoms with van der Waals surface area (Å²) in [5.74, 6) is 1.68. The Morgan fingerprint density at radius 2 is 2.06 bits per heavy atom. The second kappa shape index (κ2) is 9.52. The number of nitrogens with one attached hydrogen (secondary N) is 1. The van der Waals surface area contributed by atoms with Crippen LogP contribution in [-0.4, -0.2) is 31.3 Å². The van der Waals surface area contributed by atoms with Gasteiger partial charge in [0.05, 0.1) is 6.61 Å². The van der Waals surface area contributed by atoms with Gasteiger partial charge in [-0.3, -0.25) is 0 Å². The van der Waals surface area contributed by atoms with Gasteiger partial charge < -0.3 is 14.8 Å². The van der Waals surface area contributed by atoms with Crippen LogP contribution in [0.2, 0.25) is 0 Å². The molecule has 0 aliphatic heterocycles. The highest BCUT2D eigenvalue weighted by atomic mass is 16.6. The van der Waals surface area contributed by atoms with Crippen LogP contribution in [0.15, 0.2) is 0 Å². The van der Waals surface area contributed by atoms with Gasteiger partial charge in [-0.25, -0.2) is 9.59 Å². The van der Waals surface area contributed by atoms with Gasteiger partial charge in [0.2, 0.25) is 0 Å². The van der Waals surface area contributed by atoms with Crippen LogP contribution in [0.25, 0.3) is 0 Å². The van der Waals surface area contributed by atoms with E-state index in [1.54, 1.807) is 0 Å². The lowest BCUT2D eigenvalue weighted by atomic mass is 10.3. The maximum Gasteiger partial charge on any atom is 0.408 e. The van der Waals surface area contributed by atoms with Crippen molar-refractivity contribution < 1.29 is 19.1 Å². The van der Waals surface area contributed by atoms with Crippen molar-refractivity contribution in [2.75, 3.05) is 13.2 Å². The van der Waals surface area contributed by atoms with E-state index in [4.69, 9.17) is 11.2 Å². The molecule has 0 unspecified atom stereocenters. The SMILES string of the molecule is C#CCOC(=O)N[C@@H](C)C(=O)OCCCCC. The first-order valence-electron chi connectivity index (χ1n) is 5.65. The fraction of sp³-hybridized carbons (Fsp3) is 0.667. The zero-order valence-electron chi connectivity index (χ0n) is 10.3. The van der Waals surface area contributed by atoms with Crippen molar-refractivity contribution in [2.24, 2.45) is 0 Å². The molecule has 0 aromatic carbocycles. The van der Waals surface area contributed by atoms with Gasteiger partial charge in [0, 0.05) is 0 Å². The number of hydrogen-bond donors (Lipinski definition) is 1. The molecule has 0 fully saturated rings. The molecule has 0 heterocycles. The summed E-state index contributed by atoms with van der Waals surface area (Å²) in [6, 6.07) is -0.734. The van der Waals surface area contributed by atoms with E-state index < -0.39 is 18.1 Å². The minimum Gasteiger partial charge on any atom is -0.464 e. The maximum absolute atomic E-state index is 11.4. The van der Waals surface area contributed by atoms with Gasteiger partial charge in [0.1, 0.15) is 6.04 Å². The zero-order valence-corrected chi connectivity index (χ0v) is 10.3. The molecule has 0 bridgehead atoms. The quantitative estimate of drug-likeness (QED) is 0.416. The van der Waals surface area contributed by atoms with Crippen molar-refractivity contribution >= 4 is 12.1 Å².